The molecular weight excluding hydrogens is 258 g/mol. The zero-order valence-electron chi connectivity index (χ0n) is 12.3. The van der Waals surface area contributed by atoms with Gasteiger partial charge in [0.15, 0.2) is 0 Å². The molecule has 1 aromatic rings. The third kappa shape index (κ3) is 1.71. The molecule has 0 aliphatic carbocycles. The first-order chi connectivity index (χ1) is 9.53. The van der Waals surface area contributed by atoms with E-state index in [2.05, 4.69) is 5.10 Å². The van der Waals surface area contributed by atoms with Gasteiger partial charge in [-0.3, -0.25) is 0 Å². The van der Waals surface area contributed by atoms with Crippen LogP contribution in [0, 0.1) is 12.3 Å². The zero-order valence-corrected chi connectivity index (χ0v) is 12.3. The minimum absolute atomic E-state index is 0.0387. The molecule has 4 atom stereocenters. The first-order valence-corrected chi connectivity index (χ1v) is 7.14. The molecule has 3 heterocycles. The molecule has 0 saturated carbocycles. The Bertz CT molecular complexity index is 516. The van der Waals surface area contributed by atoms with Crippen LogP contribution in [0.5, 0.6) is 5.88 Å². The van der Waals surface area contributed by atoms with Crippen molar-refractivity contribution in [1.29, 1.82) is 0 Å². The van der Waals surface area contributed by atoms with E-state index in [9.17, 15) is 5.11 Å². The second kappa shape index (κ2) is 4.72. The quantitative estimate of drug-likeness (QED) is 0.847. The van der Waals surface area contributed by atoms with Crippen molar-refractivity contribution >= 4 is 0 Å². The topological polar surface area (TPSA) is 82.5 Å². The molecule has 2 aliphatic rings. The number of fused-ring (bicyclic) bond motifs is 2. The Hall–Kier alpha value is -1.11. The van der Waals surface area contributed by atoms with Crippen LogP contribution in [0.1, 0.15) is 36.6 Å². The van der Waals surface area contributed by atoms with E-state index >= 15 is 0 Å². The molecule has 0 amide bonds. The van der Waals surface area contributed by atoms with Crippen LogP contribution < -0.4 is 10.5 Å². The SMILES string of the molecule is COc1c(C(O)C2(CN)CC3CCC2O3)c(C)nn1C. The van der Waals surface area contributed by atoms with Crippen molar-refractivity contribution < 1.29 is 14.6 Å². The number of aliphatic hydroxyl groups excluding tert-OH is 1. The predicted molar refractivity (Wildman–Crippen MR) is 73.5 cm³/mol. The highest BCUT2D eigenvalue weighted by Crippen LogP contribution is 2.55. The molecule has 3 N–H and O–H groups in total. The fourth-order valence-electron chi connectivity index (χ4n) is 3.95. The van der Waals surface area contributed by atoms with Gasteiger partial charge in [-0.05, 0) is 26.2 Å². The summed E-state index contributed by atoms with van der Waals surface area (Å²) < 4.78 is 13.0. The summed E-state index contributed by atoms with van der Waals surface area (Å²) in [4.78, 5) is 0. The lowest BCUT2D eigenvalue weighted by Gasteiger charge is -2.38. The number of ether oxygens (including phenoxy) is 2. The summed E-state index contributed by atoms with van der Waals surface area (Å²) in [6.45, 7) is 2.30. The van der Waals surface area contributed by atoms with E-state index in [0.717, 1.165) is 30.5 Å². The van der Waals surface area contributed by atoms with Gasteiger partial charge in [0.2, 0.25) is 5.88 Å². The number of hydrogen-bond acceptors (Lipinski definition) is 5. The van der Waals surface area contributed by atoms with Gasteiger partial charge in [0.1, 0.15) is 0 Å². The third-order valence-electron chi connectivity index (χ3n) is 4.96. The van der Waals surface area contributed by atoms with Gasteiger partial charge in [-0.1, -0.05) is 0 Å². The number of nitrogens with two attached hydrogens (primary N) is 1. The van der Waals surface area contributed by atoms with E-state index < -0.39 is 11.5 Å². The van der Waals surface area contributed by atoms with Gasteiger partial charge < -0.3 is 20.3 Å². The maximum absolute atomic E-state index is 11.0. The molecule has 4 unspecified atom stereocenters. The normalized spacial score (nSPS) is 33.6. The van der Waals surface area contributed by atoms with Crippen LogP contribution in [0.3, 0.4) is 0 Å². The maximum atomic E-state index is 11.0. The van der Waals surface area contributed by atoms with Crippen LogP contribution in [0.15, 0.2) is 0 Å². The molecule has 1 aromatic heterocycles. The molecule has 20 heavy (non-hydrogen) atoms. The van der Waals surface area contributed by atoms with Gasteiger partial charge in [0.25, 0.3) is 0 Å². The van der Waals surface area contributed by atoms with Crippen molar-refractivity contribution in [2.24, 2.45) is 18.2 Å². The average Bonchev–Trinajstić information content (AvgIpc) is 3.10. The van der Waals surface area contributed by atoms with E-state index in [-0.39, 0.29) is 12.2 Å². The predicted octanol–water partition coefficient (Wildman–Crippen LogP) is 0.667. The van der Waals surface area contributed by atoms with Gasteiger partial charge in [-0.25, -0.2) is 4.68 Å². The minimum Gasteiger partial charge on any atom is -0.481 e. The van der Waals surface area contributed by atoms with E-state index in [1.165, 1.54) is 0 Å². The zero-order chi connectivity index (χ0) is 14.5. The lowest BCUT2D eigenvalue weighted by molar-refractivity contribution is -0.0277. The highest BCUT2D eigenvalue weighted by Gasteiger charge is 2.56. The van der Waals surface area contributed by atoms with Crippen LogP contribution in [0.2, 0.25) is 0 Å². The second-order valence-electron chi connectivity index (χ2n) is 6.00. The molecule has 6 nitrogen and oxygen atoms in total. The number of methoxy groups -OCH3 is 1. The van der Waals surface area contributed by atoms with Crippen molar-refractivity contribution in [3.05, 3.63) is 11.3 Å². The largest absolute Gasteiger partial charge is 0.481 e. The molecule has 2 saturated heterocycles. The molecule has 112 valence electrons. The molecule has 0 radical (unpaired) electrons. The van der Waals surface area contributed by atoms with Crippen LogP contribution in [0.4, 0.5) is 0 Å². The highest BCUT2D eigenvalue weighted by atomic mass is 16.5. The van der Waals surface area contributed by atoms with Crippen molar-refractivity contribution in [2.75, 3.05) is 13.7 Å². The molecule has 6 heteroatoms. The maximum Gasteiger partial charge on any atom is 0.217 e. The van der Waals surface area contributed by atoms with Gasteiger partial charge in [0.05, 0.1) is 36.7 Å². The molecule has 2 fully saturated rings. The van der Waals surface area contributed by atoms with E-state index in [1.54, 1.807) is 11.8 Å². The Kier molecular flexibility index (Phi) is 3.27. The van der Waals surface area contributed by atoms with Crippen LogP contribution >= 0.6 is 0 Å². The Morgan fingerprint density at radius 1 is 1.60 bits per heavy atom. The van der Waals surface area contributed by atoms with E-state index in [1.807, 2.05) is 14.0 Å². The van der Waals surface area contributed by atoms with Crippen molar-refractivity contribution in [1.82, 2.24) is 9.78 Å². The molecular formula is C14H23N3O3. The van der Waals surface area contributed by atoms with Gasteiger partial charge in [-0.15, -0.1) is 0 Å². The number of nitrogens with zero attached hydrogens (tertiary/aromatic N) is 2. The van der Waals surface area contributed by atoms with E-state index in [4.69, 9.17) is 15.2 Å². The first-order valence-electron chi connectivity index (χ1n) is 7.14. The standard InChI is InChI=1S/C14H23N3O3/c1-8-11(13(19-3)17(2)16-8)12(18)14(7-15)6-9-4-5-10(14)20-9/h9-10,12,18H,4-7,15H2,1-3H3. The average molecular weight is 281 g/mol. The summed E-state index contributed by atoms with van der Waals surface area (Å²) in [5.74, 6) is 0.602. The summed E-state index contributed by atoms with van der Waals surface area (Å²) in [6, 6.07) is 0. The highest BCUT2D eigenvalue weighted by molar-refractivity contribution is 5.35. The number of aliphatic hydroxyl groups is 1. The third-order valence-corrected chi connectivity index (χ3v) is 4.96. The molecule has 2 bridgehead atoms. The Morgan fingerprint density at radius 2 is 2.35 bits per heavy atom. The fourth-order valence-corrected chi connectivity index (χ4v) is 3.95. The Morgan fingerprint density at radius 3 is 2.85 bits per heavy atom. The van der Waals surface area contributed by atoms with Crippen molar-refractivity contribution in [3.63, 3.8) is 0 Å². The van der Waals surface area contributed by atoms with Gasteiger partial charge in [-0.2, -0.15) is 5.10 Å². The van der Waals surface area contributed by atoms with Gasteiger partial charge in [0, 0.05) is 19.0 Å². The number of aromatic nitrogens is 2. The minimum atomic E-state index is -0.702. The fraction of sp³-hybridized carbons (Fsp3) is 0.786. The van der Waals surface area contributed by atoms with Crippen LogP contribution in [0.25, 0.3) is 0 Å². The van der Waals surface area contributed by atoms with Crippen LogP contribution in [-0.2, 0) is 11.8 Å². The van der Waals surface area contributed by atoms with Crippen molar-refractivity contribution in [3.8, 4) is 5.88 Å². The Labute approximate surface area is 118 Å². The smallest absolute Gasteiger partial charge is 0.217 e. The molecule has 2 aliphatic heterocycles. The summed E-state index contributed by atoms with van der Waals surface area (Å²) in [7, 11) is 3.41. The second-order valence-corrected chi connectivity index (χ2v) is 6.00. The monoisotopic (exact) mass is 281 g/mol. The van der Waals surface area contributed by atoms with Crippen molar-refractivity contribution in [2.45, 2.75) is 44.5 Å². The Balaban J connectivity index is 2.01. The van der Waals surface area contributed by atoms with E-state index in [0.29, 0.717) is 12.4 Å². The summed E-state index contributed by atoms with van der Waals surface area (Å²) in [5, 5.41) is 15.4. The van der Waals surface area contributed by atoms with Gasteiger partial charge >= 0.3 is 0 Å². The summed E-state index contributed by atoms with van der Waals surface area (Å²) in [5.41, 5.74) is 7.15. The first kappa shape index (κ1) is 13.9. The number of hydrogen-bond donors (Lipinski definition) is 2. The lowest BCUT2D eigenvalue weighted by Crippen LogP contribution is -2.44. The molecule has 0 spiro atoms. The molecule has 3 rings (SSSR count). The number of rotatable bonds is 4. The van der Waals surface area contributed by atoms with Crippen LogP contribution in [-0.4, -0.2) is 40.7 Å². The summed E-state index contributed by atoms with van der Waals surface area (Å²) in [6.07, 6.45) is 2.43. The molecule has 0 aromatic carbocycles. The lowest BCUT2D eigenvalue weighted by atomic mass is 9.68. The number of aryl methyl sites for hydroxylation is 2. The summed E-state index contributed by atoms with van der Waals surface area (Å²) >= 11 is 0.